The third-order valence-electron chi connectivity index (χ3n) is 4.58. The van der Waals surface area contributed by atoms with E-state index in [2.05, 4.69) is 20.9 Å². The number of anilines is 2. The second-order valence-electron chi connectivity index (χ2n) is 6.96. The topological polar surface area (TPSA) is 98.1 Å². The zero-order valence-corrected chi connectivity index (χ0v) is 17.5. The van der Waals surface area contributed by atoms with E-state index in [1.54, 1.807) is 31.2 Å². The van der Waals surface area contributed by atoms with Gasteiger partial charge >= 0.3 is 0 Å². The van der Waals surface area contributed by atoms with Crippen molar-refractivity contribution in [3.8, 4) is 5.75 Å². The molecule has 8 heteroatoms. The van der Waals surface area contributed by atoms with Crippen LogP contribution in [0.25, 0.3) is 0 Å². The van der Waals surface area contributed by atoms with Crippen LogP contribution in [-0.2, 0) is 11.3 Å². The van der Waals surface area contributed by atoms with E-state index in [9.17, 15) is 9.59 Å². The van der Waals surface area contributed by atoms with Gasteiger partial charge in [0.2, 0.25) is 5.91 Å². The van der Waals surface area contributed by atoms with Gasteiger partial charge in [-0.2, -0.15) is 0 Å². The van der Waals surface area contributed by atoms with Crippen molar-refractivity contribution >= 4 is 23.2 Å². The summed E-state index contributed by atoms with van der Waals surface area (Å²) in [7, 11) is 0. The van der Waals surface area contributed by atoms with Crippen molar-refractivity contribution in [2.45, 2.75) is 34.2 Å². The van der Waals surface area contributed by atoms with Crippen molar-refractivity contribution < 1.29 is 14.3 Å². The van der Waals surface area contributed by atoms with Crippen LogP contribution in [-0.4, -0.2) is 33.4 Å². The minimum absolute atomic E-state index is 0.0391. The number of aryl methyl sites for hydroxylation is 2. The molecule has 8 nitrogen and oxygen atoms in total. The van der Waals surface area contributed by atoms with Gasteiger partial charge in [0.05, 0.1) is 12.3 Å². The smallest absolute Gasteiger partial charge is 0.278 e. The summed E-state index contributed by atoms with van der Waals surface area (Å²) in [5.41, 5.74) is 4.08. The molecule has 0 fully saturated rings. The van der Waals surface area contributed by atoms with E-state index in [1.807, 2.05) is 39.0 Å². The SMILES string of the molecule is CCOc1ccc(NC(=O)c2nnn(CC(=O)Nc3cc(C)ccc3C)c2C)cc1. The van der Waals surface area contributed by atoms with Gasteiger partial charge in [-0.15, -0.1) is 5.10 Å². The minimum atomic E-state index is -0.391. The van der Waals surface area contributed by atoms with Crippen molar-refractivity contribution in [2.75, 3.05) is 17.2 Å². The molecular formula is C22H25N5O3. The number of benzene rings is 2. The fraction of sp³-hybridized carbons (Fsp3) is 0.273. The number of ether oxygens (including phenoxy) is 1. The van der Waals surface area contributed by atoms with E-state index in [1.165, 1.54) is 4.68 Å². The summed E-state index contributed by atoms with van der Waals surface area (Å²) in [6.45, 7) is 8.04. The van der Waals surface area contributed by atoms with Crippen LogP contribution in [0.15, 0.2) is 42.5 Å². The lowest BCUT2D eigenvalue weighted by Crippen LogP contribution is -2.21. The highest BCUT2D eigenvalue weighted by atomic mass is 16.5. The summed E-state index contributed by atoms with van der Waals surface area (Å²) in [6.07, 6.45) is 0. The quantitative estimate of drug-likeness (QED) is 0.625. The molecule has 3 aromatic rings. The van der Waals surface area contributed by atoms with E-state index in [4.69, 9.17) is 4.74 Å². The summed E-state index contributed by atoms with van der Waals surface area (Å²) in [4.78, 5) is 25.0. The Morgan fingerprint density at radius 1 is 1.03 bits per heavy atom. The molecule has 0 unspecified atom stereocenters. The van der Waals surface area contributed by atoms with Gasteiger partial charge < -0.3 is 15.4 Å². The van der Waals surface area contributed by atoms with Crippen LogP contribution in [0, 0.1) is 20.8 Å². The Bertz CT molecular complexity index is 1060. The minimum Gasteiger partial charge on any atom is -0.494 e. The van der Waals surface area contributed by atoms with Gasteiger partial charge in [-0.1, -0.05) is 17.3 Å². The molecule has 0 saturated heterocycles. The number of amides is 2. The van der Waals surface area contributed by atoms with E-state index in [-0.39, 0.29) is 18.1 Å². The molecule has 0 aliphatic heterocycles. The Balaban J connectivity index is 1.65. The van der Waals surface area contributed by atoms with Gasteiger partial charge in [-0.05, 0) is 69.2 Å². The molecule has 0 aliphatic carbocycles. The number of rotatable bonds is 7. The van der Waals surface area contributed by atoms with Gasteiger partial charge in [0.25, 0.3) is 5.91 Å². The fourth-order valence-electron chi connectivity index (χ4n) is 2.91. The largest absolute Gasteiger partial charge is 0.494 e. The Labute approximate surface area is 175 Å². The van der Waals surface area contributed by atoms with Crippen LogP contribution >= 0.6 is 0 Å². The van der Waals surface area contributed by atoms with Crippen LogP contribution < -0.4 is 15.4 Å². The molecule has 30 heavy (non-hydrogen) atoms. The average molecular weight is 407 g/mol. The van der Waals surface area contributed by atoms with Gasteiger partial charge in [0, 0.05) is 11.4 Å². The summed E-state index contributed by atoms with van der Waals surface area (Å²) in [5, 5.41) is 13.6. The monoisotopic (exact) mass is 407 g/mol. The highest BCUT2D eigenvalue weighted by Gasteiger charge is 2.18. The van der Waals surface area contributed by atoms with Crippen LogP contribution in [0.4, 0.5) is 11.4 Å². The van der Waals surface area contributed by atoms with E-state index in [0.29, 0.717) is 18.0 Å². The maximum absolute atomic E-state index is 12.6. The van der Waals surface area contributed by atoms with E-state index < -0.39 is 5.91 Å². The Morgan fingerprint density at radius 3 is 2.47 bits per heavy atom. The first-order valence-corrected chi connectivity index (χ1v) is 9.68. The van der Waals surface area contributed by atoms with Crippen molar-refractivity contribution in [3.05, 3.63) is 65.0 Å². The first-order valence-electron chi connectivity index (χ1n) is 9.68. The van der Waals surface area contributed by atoms with Crippen LogP contribution in [0.3, 0.4) is 0 Å². The number of carbonyl (C=O) groups is 2. The second kappa shape index (κ2) is 9.21. The van der Waals surface area contributed by atoms with Gasteiger partial charge in [0.15, 0.2) is 5.69 Å². The van der Waals surface area contributed by atoms with Crippen LogP contribution in [0.2, 0.25) is 0 Å². The average Bonchev–Trinajstić information content (AvgIpc) is 3.07. The molecular weight excluding hydrogens is 382 g/mol. The van der Waals surface area contributed by atoms with Crippen molar-refractivity contribution in [1.82, 2.24) is 15.0 Å². The standard InChI is InChI=1S/C22H25N5O3/c1-5-30-18-10-8-17(9-11-18)23-22(29)21-16(4)27(26-25-21)13-20(28)24-19-12-14(2)6-7-15(19)3/h6-12H,5,13H2,1-4H3,(H,23,29)(H,24,28). The summed E-state index contributed by atoms with van der Waals surface area (Å²) < 4.78 is 6.80. The van der Waals surface area contributed by atoms with Crippen LogP contribution in [0.5, 0.6) is 5.75 Å². The van der Waals surface area contributed by atoms with Gasteiger partial charge in [-0.3, -0.25) is 9.59 Å². The molecule has 3 rings (SSSR count). The zero-order chi connectivity index (χ0) is 21.7. The lowest BCUT2D eigenvalue weighted by Gasteiger charge is -2.10. The Morgan fingerprint density at radius 2 is 1.77 bits per heavy atom. The number of carbonyl (C=O) groups excluding carboxylic acids is 2. The molecule has 0 radical (unpaired) electrons. The highest BCUT2D eigenvalue weighted by Crippen LogP contribution is 2.18. The first-order chi connectivity index (χ1) is 14.4. The third-order valence-corrected chi connectivity index (χ3v) is 4.58. The number of aromatic nitrogens is 3. The maximum atomic E-state index is 12.6. The zero-order valence-electron chi connectivity index (χ0n) is 17.5. The number of hydrogen-bond acceptors (Lipinski definition) is 5. The molecule has 1 heterocycles. The van der Waals surface area contributed by atoms with Crippen molar-refractivity contribution in [3.63, 3.8) is 0 Å². The summed E-state index contributed by atoms with van der Waals surface area (Å²) >= 11 is 0. The lowest BCUT2D eigenvalue weighted by atomic mass is 10.1. The lowest BCUT2D eigenvalue weighted by molar-refractivity contribution is -0.117. The molecule has 0 atom stereocenters. The van der Waals surface area contributed by atoms with E-state index >= 15 is 0 Å². The number of nitrogens with one attached hydrogen (secondary N) is 2. The molecule has 0 aliphatic rings. The van der Waals surface area contributed by atoms with Crippen LogP contribution in [0.1, 0.15) is 34.2 Å². The molecule has 0 bridgehead atoms. The molecule has 0 saturated carbocycles. The summed E-state index contributed by atoms with van der Waals surface area (Å²) in [6, 6.07) is 12.9. The normalized spacial score (nSPS) is 10.5. The second-order valence-corrected chi connectivity index (χ2v) is 6.96. The molecule has 2 amide bonds. The molecule has 156 valence electrons. The van der Waals surface area contributed by atoms with Crippen molar-refractivity contribution in [2.24, 2.45) is 0 Å². The molecule has 1 aromatic heterocycles. The summed E-state index contributed by atoms with van der Waals surface area (Å²) in [5.74, 6) is 0.0977. The van der Waals surface area contributed by atoms with Gasteiger partial charge in [0.1, 0.15) is 12.3 Å². The molecule has 2 aromatic carbocycles. The van der Waals surface area contributed by atoms with E-state index in [0.717, 1.165) is 22.6 Å². The third kappa shape index (κ3) is 5.02. The number of nitrogens with zero attached hydrogens (tertiary/aromatic N) is 3. The van der Waals surface area contributed by atoms with Gasteiger partial charge in [-0.25, -0.2) is 4.68 Å². The predicted octanol–water partition coefficient (Wildman–Crippen LogP) is 3.49. The Hall–Kier alpha value is -3.68. The predicted molar refractivity (Wildman–Crippen MR) is 115 cm³/mol. The maximum Gasteiger partial charge on any atom is 0.278 e. The Kier molecular flexibility index (Phi) is 6.46. The molecule has 2 N–H and O–H groups in total. The first kappa shape index (κ1) is 21.0. The fourth-order valence-corrected chi connectivity index (χ4v) is 2.91. The number of hydrogen-bond donors (Lipinski definition) is 2. The molecule has 0 spiro atoms. The van der Waals surface area contributed by atoms with Crippen molar-refractivity contribution in [1.29, 1.82) is 0 Å². The highest BCUT2D eigenvalue weighted by molar-refractivity contribution is 6.03.